The van der Waals surface area contributed by atoms with Gasteiger partial charge < -0.3 is 31.5 Å². The number of carbonyl (C=O) groups is 4. The van der Waals surface area contributed by atoms with Crippen molar-refractivity contribution in [3.05, 3.63) is 45.9 Å². The average molecular weight is 428 g/mol. The number of primary amides is 1. The molecule has 0 bridgehead atoms. The van der Waals surface area contributed by atoms with E-state index < -0.39 is 63.7 Å². The number of nitrogens with one attached hydrogen (secondary N) is 1. The second-order valence-electron chi connectivity index (χ2n) is 8.09. The number of amides is 2. The zero-order valence-corrected chi connectivity index (χ0v) is 16.4. The Morgan fingerprint density at radius 2 is 1.84 bits per heavy atom. The normalized spacial score (nSPS) is 27.4. The van der Waals surface area contributed by atoms with Crippen LogP contribution in [0.15, 0.2) is 34.8 Å². The van der Waals surface area contributed by atoms with E-state index in [-0.39, 0.29) is 36.1 Å². The summed E-state index contributed by atoms with van der Waals surface area (Å²) in [4.78, 5) is 49.1. The summed E-state index contributed by atoms with van der Waals surface area (Å²) in [6.07, 6.45) is 0.00153. The van der Waals surface area contributed by atoms with Gasteiger partial charge in [0.25, 0.3) is 5.91 Å². The number of benzene rings is 1. The zero-order chi connectivity index (χ0) is 22.8. The number of Topliss-reactive ketones (excluding diaryl/α,β-unsaturated/α-hetero) is 2. The molecular weight excluding hydrogens is 408 g/mol. The molecule has 3 aliphatic carbocycles. The summed E-state index contributed by atoms with van der Waals surface area (Å²) >= 11 is 0. The lowest BCUT2D eigenvalue weighted by molar-refractivity contribution is -0.144. The second-order valence-corrected chi connectivity index (χ2v) is 8.09. The quantitative estimate of drug-likeness (QED) is 0.291. The first kappa shape index (κ1) is 20.6. The van der Waals surface area contributed by atoms with Crippen LogP contribution in [0.5, 0.6) is 5.75 Å². The number of hydrogen-bond acceptors (Lipinski definition) is 8. The number of hydrogen-bond donors (Lipinski definition) is 6. The van der Waals surface area contributed by atoms with Gasteiger partial charge in [0.2, 0.25) is 11.7 Å². The molecule has 1 aromatic carbocycles. The number of ketones is 2. The molecule has 4 rings (SSSR count). The van der Waals surface area contributed by atoms with Crippen LogP contribution in [0.25, 0.3) is 0 Å². The number of phenols is 1. The van der Waals surface area contributed by atoms with Gasteiger partial charge in [0.1, 0.15) is 17.1 Å². The van der Waals surface area contributed by atoms with Gasteiger partial charge in [-0.05, 0) is 30.4 Å². The van der Waals surface area contributed by atoms with Gasteiger partial charge in [0.05, 0.1) is 11.3 Å². The molecule has 10 heteroatoms. The zero-order valence-electron chi connectivity index (χ0n) is 16.4. The molecule has 2 amide bonds. The van der Waals surface area contributed by atoms with Gasteiger partial charge in [0, 0.05) is 24.8 Å². The largest absolute Gasteiger partial charge is 0.511 e. The maximum Gasteiger partial charge on any atom is 0.255 e. The average Bonchev–Trinajstić information content (AvgIpc) is 2.66. The number of fused-ring (bicyclic) bond motifs is 3. The Morgan fingerprint density at radius 3 is 2.45 bits per heavy atom. The number of aliphatic hydroxyl groups excluding tert-OH is 2. The highest BCUT2D eigenvalue weighted by Crippen LogP contribution is 2.51. The van der Waals surface area contributed by atoms with E-state index in [0.717, 1.165) is 0 Å². The van der Waals surface area contributed by atoms with E-state index in [0.29, 0.717) is 5.56 Å². The van der Waals surface area contributed by atoms with Crippen molar-refractivity contribution in [3.63, 3.8) is 0 Å². The molecule has 162 valence electrons. The number of aromatic hydroxyl groups is 1. The molecule has 0 unspecified atom stereocenters. The van der Waals surface area contributed by atoms with Crippen LogP contribution in [0.2, 0.25) is 0 Å². The molecule has 0 spiro atoms. The Hall–Kier alpha value is -3.66. The van der Waals surface area contributed by atoms with Gasteiger partial charge >= 0.3 is 0 Å². The van der Waals surface area contributed by atoms with Crippen LogP contribution in [-0.4, -0.2) is 49.4 Å². The number of rotatable bonds is 2. The van der Waals surface area contributed by atoms with E-state index in [1.807, 2.05) is 0 Å². The Bertz CT molecular complexity index is 1150. The van der Waals surface area contributed by atoms with Crippen LogP contribution >= 0.6 is 0 Å². The van der Waals surface area contributed by atoms with E-state index in [4.69, 9.17) is 5.73 Å². The molecule has 0 saturated heterocycles. The van der Waals surface area contributed by atoms with Crippen molar-refractivity contribution in [2.45, 2.75) is 31.8 Å². The van der Waals surface area contributed by atoms with Crippen molar-refractivity contribution in [1.29, 1.82) is 0 Å². The van der Waals surface area contributed by atoms with Gasteiger partial charge in [0.15, 0.2) is 17.1 Å². The highest BCUT2D eigenvalue weighted by atomic mass is 16.3. The molecule has 0 aliphatic heterocycles. The van der Waals surface area contributed by atoms with E-state index >= 15 is 0 Å². The van der Waals surface area contributed by atoms with Gasteiger partial charge in [-0.15, -0.1) is 0 Å². The molecule has 0 aromatic heterocycles. The van der Waals surface area contributed by atoms with Crippen LogP contribution in [0, 0.1) is 11.8 Å². The standard InChI is InChI=1S/C21H20N2O8/c1-7(24)23-11-3-2-8-4-9-5-10-6-12(25)15(20(22)30)19(29)21(10,31)18(28)14(9)17(27)13(8)16(11)26/h2-3,9-10,25-26,28,31H,4-6H2,1H3,(H2,22,30)(H,23,24)/t9-,10-,21-/m0/s1. The minimum atomic E-state index is -2.60. The van der Waals surface area contributed by atoms with Crippen LogP contribution in [0.4, 0.5) is 5.69 Å². The SMILES string of the molecule is CC(=O)Nc1ccc2c(c1O)C(=O)C1=C(O)[C@]3(O)C(=O)C(C(N)=O)=C(O)C[C@@H]3C[C@@H]1C2. The molecule has 31 heavy (non-hydrogen) atoms. The maximum atomic E-state index is 13.3. The van der Waals surface area contributed by atoms with Gasteiger partial charge in [-0.1, -0.05) is 6.07 Å². The highest BCUT2D eigenvalue weighted by molar-refractivity contribution is 6.24. The van der Waals surface area contributed by atoms with E-state index in [9.17, 15) is 39.6 Å². The summed E-state index contributed by atoms with van der Waals surface area (Å²) in [7, 11) is 0. The molecule has 1 aromatic rings. The Balaban J connectivity index is 1.87. The monoisotopic (exact) mass is 428 g/mol. The van der Waals surface area contributed by atoms with Crippen molar-refractivity contribution >= 4 is 29.1 Å². The first-order valence-electron chi connectivity index (χ1n) is 9.58. The third-order valence-electron chi connectivity index (χ3n) is 6.25. The lowest BCUT2D eigenvalue weighted by atomic mass is 9.60. The molecule has 3 atom stereocenters. The van der Waals surface area contributed by atoms with Crippen LogP contribution < -0.4 is 11.1 Å². The van der Waals surface area contributed by atoms with Crippen LogP contribution in [0.1, 0.15) is 35.7 Å². The van der Waals surface area contributed by atoms with E-state index in [1.54, 1.807) is 6.07 Å². The van der Waals surface area contributed by atoms with Crippen molar-refractivity contribution in [2.75, 3.05) is 5.32 Å². The van der Waals surface area contributed by atoms with E-state index in [1.165, 1.54) is 13.0 Å². The second kappa shape index (κ2) is 6.67. The molecule has 0 saturated carbocycles. The minimum Gasteiger partial charge on any atom is -0.511 e. The van der Waals surface area contributed by atoms with Gasteiger partial charge in [-0.2, -0.15) is 0 Å². The summed E-state index contributed by atoms with van der Waals surface area (Å²) in [5, 5.41) is 45.1. The predicted octanol–water partition coefficient (Wildman–Crippen LogP) is 0.539. The highest BCUT2D eigenvalue weighted by Gasteiger charge is 2.59. The lowest BCUT2D eigenvalue weighted by Gasteiger charge is -2.45. The third-order valence-corrected chi connectivity index (χ3v) is 6.25. The third kappa shape index (κ3) is 2.75. The van der Waals surface area contributed by atoms with Crippen molar-refractivity contribution < 1.29 is 39.6 Å². The van der Waals surface area contributed by atoms with Crippen LogP contribution in [0.3, 0.4) is 0 Å². The fourth-order valence-electron chi connectivity index (χ4n) is 4.88. The predicted molar refractivity (Wildman–Crippen MR) is 105 cm³/mol. The molecular formula is C21H20N2O8. The number of nitrogens with two attached hydrogens (primary N) is 1. The fourth-order valence-corrected chi connectivity index (χ4v) is 4.88. The van der Waals surface area contributed by atoms with Crippen LogP contribution in [-0.2, 0) is 20.8 Å². The summed E-state index contributed by atoms with van der Waals surface area (Å²) in [5.41, 5.74) is 1.82. The molecule has 0 radical (unpaired) electrons. The van der Waals surface area contributed by atoms with Crippen molar-refractivity contribution in [2.24, 2.45) is 17.6 Å². The summed E-state index contributed by atoms with van der Waals surface area (Å²) in [5.74, 6) is -7.33. The minimum absolute atomic E-state index is 0.00292. The lowest BCUT2D eigenvalue weighted by Crippen LogP contribution is -2.57. The molecule has 0 fully saturated rings. The summed E-state index contributed by atoms with van der Waals surface area (Å²) < 4.78 is 0. The topological polar surface area (TPSA) is 187 Å². The number of aliphatic hydroxyl groups is 3. The van der Waals surface area contributed by atoms with Gasteiger partial charge in [-0.3, -0.25) is 19.2 Å². The number of allylic oxidation sites excluding steroid dienone is 2. The first-order valence-corrected chi connectivity index (χ1v) is 9.58. The van der Waals surface area contributed by atoms with Gasteiger partial charge in [-0.25, -0.2) is 0 Å². The number of carbonyl (C=O) groups excluding carboxylic acids is 4. The molecule has 10 nitrogen and oxygen atoms in total. The molecule has 3 aliphatic rings. The molecule has 0 heterocycles. The van der Waals surface area contributed by atoms with E-state index in [2.05, 4.69) is 5.32 Å². The van der Waals surface area contributed by atoms with Crippen molar-refractivity contribution in [1.82, 2.24) is 0 Å². The number of anilines is 1. The summed E-state index contributed by atoms with van der Waals surface area (Å²) in [6.45, 7) is 1.23. The number of phenolic OH excluding ortho intramolecular Hbond substituents is 1. The molecule has 7 N–H and O–H groups in total. The smallest absolute Gasteiger partial charge is 0.255 e. The maximum absolute atomic E-state index is 13.3. The van der Waals surface area contributed by atoms with Crippen molar-refractivity contribution in [3.8, 4) is 5.75 Å². The summed E-state index contributed by atoms with van der Waals surface area (Å²) in [6, 6.07) is 3.02. The Kier molecular flexibility index (Phi) is 4.44. The fraction of sp³-hybridized carbons (Fsp3) is 0.333. The first-order chi connectivity index (χ1) is 14.5. The Morgan fingerprint density at radius 1 is 1.16 bits per heavy atom. The Labute approximate surface area is 175 Å².